The van der Waals surface area contributed by atoms with Gasteiger partial charge in [-0.3, -0.25) is 4.79 Å². The average Bonchev–Trinajstić information content (AvgIpc) is 2.86. The van der Waals surface area contributed by atoms with Gasteiger partial charge >= 0.3 is 0 Å². The number of carbonyl (C=O) groups excluding carboxylic acids is 1. The molecule has 2 nitrogen and oxygen atoms in total. The summed E-state index contributed by atoms with van der Waals surface area (Å²) in [6.45, 7) is 1.67. The molecule has 0 spiro atoms. The molecule has 0 aliphatic heterocycles. The Morgan fingerprint density at radius 2 is 2.09 bits per heavy atom. The first kappa shape index (κ1) is 11.8. The van der Waals surface area contributed by atoms with Crippen LogP contribution in [0.4, 0.5) is 0 Å². The SMILES string of the molecule is [2H]C([2H])([2H])C(=O)[C@@]1([2H])CCC2C3CC=C4C[C@@H](O)CCC4(C)C3CCC21C. The number of allylic oxidation sites excluding steroid dienone is 1. The number of aliphatic hydroxyl groups excluding tert-OH is 1. The van der Waals surface area contributed by atoms with Gasteiger partial charge in [-0.2, -0.15) is 0 Å². The Hall–Kier alpha value is -0.630. The molecular weight excluding hydrogens is 284 g/mol. The van der Waals surface area contributed by atoms with Crippen molar-refractivity contribution in [1.29, 1.82) is 0 Å². The number of aliphatic hydroxyl groups is 1. The Bertz CT molecular complexity index is 686. The maximum absolute atomic E-state index is 12.7. The fourth-order valence-electron chi connectivity index (χ4n) is 6.83. The molecule has 4 aliphatic rings. The van der Waals surface area contributed by atoms with E-state index in [1.54, 1.807) is 0 Å². The predicted octanol–water partition coefficient (Wildman–Crippen LogP) is 4.52. The predicted molar refractivity (Wildman–Crippen MR) is 91.9 cm³/mol. The Morgan fingerprint density at radius 3 is 2.87 bits per heavy atom. The Morgan fingerprint density at radius 1 is 1.26 bits per heavy atom. The number of hydrogen-bond acceptors (Lipinski definition) is 2. The van der Waals surface area contributed by atoms with Gasteiger partial charge in [0.15, 0.2) is 0 Å². The van der Waals surface area contributed by atoms with Gasteiger partial charge in [-0.05, 0) is 86.8 Å². The van der Waals surface area contributed by atoms with Crippen molar-refractivity contribution in [3.63, 3.8) is 0 Å². The van der Waals surface area contributed by atoms with Crippen LogP contribution in [0.25, 0.3) is 0 Å². The monoisotopic (exact) mass is 320 g/mol. The highest BCUT2D eigenvalue weighted by Crippen LogP contribution is 2.66. The topological polar surface area (TPSA) is 37.3 Å². The van der Waals surface area contributed by atoms with Crippen molar-refractivity contribution in [3.8, 4) is 0 Å². The van der Waals surface area contributed by atoms with Crippen molar-refractivity contribution < 1.29 is 15.4 Å². The molecule has 3 fully saturated rings. The van der Waals surface area contributed by atoms with E-state index < -0.39 is 23.9 Å². The summed E-state index contributed by atoms with van der Waals surface area (Å²) in [5.41, 5.74) is 0.972. The minimum atomic E-state index is -2.69. The van der Waals surface area contributed by atoms with Crippen molar-refractivity contribution in [2.75, 3.05) is 0 Å². The third kappa shape index (κ3) is 2.13. The zero-order valence-electron chi connectivity index (χ0n) is 18.4. The summed E-state index contributed by atoms with van der Waals surface area (Å²) in [4.78, 5) is 12.7. The van der Waals surface area contributed by atoms with Gasteiger partial charge in [0.2, 0.25) is 0 Å². The van der Waals surface area contributed by atoms with E-state index in [1.165, 1.54) is 5.57 Å². The van der Waals surface area contributed by atoms with Crippen molar-refractivity contribution in [2.24, 2.45) is 34.5 Å². The molecule has 0 amide bonds. The lowest BCUT2D eigenvalue weighted by Gasteiger charge is -2.57. The van der Waals surface area contributed by atoms with Crippen LogP contribution in [0.1, 0.15) is 77.5 Å². The van der Waals surface area contributed by atoms with Crippen molar-refractivity contribution >= 4 is 5.78 Å². The van der Waals surface area contributed by atoms with Crippen molar-refractivity contribution in [3.05, 3.63) is 11.6 Å². The summed E-state index contributed by atoms with van der Waals surface area (Å²) in [6, 6.07) is 0. The van der Waals surface area contributed by atoms with Crippen LogP contribution in [0.15, 0.2) is 11.6 Å². The highest BCUT2D eigenvalue weighted by molar-refractivity contribution is 5.79. The lowest BCUT2D eigenvalue weighted by atomic mass is 9.47. The molecule has 4 aliphatic carbocycles. The standard InChI is InChI=1S/C21H32O2/c1-13(22)17-6-7-18-16-5-4-14-12-15(23)8-10-20(14,2)19(16)9-11-21(17,18)3/h4,15-19,23H,5-12H2,1-3H3/t15-,16?,17+,18?,19?,20?,21?/m0/s1/i1D3,17D. The van der Waals surface area contributed by atoms with Gasteiger partial charge < -0.3 is 5.11 Å². The molecule has 0 bridgehead atoms. The summed E-state index contributed by atoms with van der Waals surface area (Å²) in [6.07, 6.45) is 8.55. The zero-order chi connectivity index (χ0) is 19.8. The van der Waals surface area contributed by atoms with E-state index >= 15 is 0 Å². The highest BCUT2D eigenvalue weighted by Gasteiger charge is 2.59. The largest absolute Gasteiger partial charge is 0.393 e. The van der Waals surface area contributed by atoms with E-state index in [0.29, 0.717) is 18.3 Å². The van der Waals surface area contributed by atoms with E-state index in [0.717, 1.165) is 44.9 Å². The molecule has 0 radical (unpaired) electrons. The van der Waals surface area contributed by atoms with Crippen molar-refractivity contribution in [2.45, 2.75) is 78.2 Å². The Kier molecular flexibility index (Phi) is 2.67. The first-order chi connectivity index (χ1) is 12.4. The molecular formula is C21H32O2. The van der Waals surface area contributed by atoms with Gasteiger partial charge in [-0.15, -0.1) is 0 Å². The van der Waals surface area contributed by atoms with Crippen LogP contribution in [0.5, 0.6) is 0 Å². The molecule has 2 heteroatoms. The molecule has 0 aromatic heterocycles. The normalized spacial score (nSPS) is 58.5. The second-order valence-corrected chi connectivity index (χ2v) is 8.96. The van der Waals surface area contributed by atoms with Crippen LogP contribution in [0.2, 0.25) is 0 Å². The second kappa shape index (κ2) is 5.18. The van der Waals surface area contributed by atoms with Gasteiger partial charge in [-0.1, -0.05) is 25.5 Å². The van der Waals surface area contributed by atoms with Crippen LogP contribution < -0.4 is 0 Å². The molecule has 0 aromatic rings. The Labute approximate surface area is 146 Å². The van der Waals surface area contributed by atoms with Crippen LogP contribution in [0.3, 0.4) is 0 Å². The zero-order valence-corrected chi connectivity index (χ0v) is 14.4. The average molecular weight is 321 g/mol. The first-order valence-corrected chi connectivity index (χ1v) is 9.36. The van der Waals surface area contributed by atoms with Crippen LogP contribution in [-0.4, -0.2) is 17.0 Å². The fourth-order valence-corrected chi connectivity index (χ4v) is 6.83. The minimum absolute atomic E-state index is 0.116. The summed E-state index contributed by atoms with van der Waals surface area (Å²) in [5.74, 6) is -1.15. The number of rotatable bonds is 1. The molecule has 4 rings (SSSR count). The third-order valence-electron chi connectivity index (χ3n) is 8.14. The molecule has 5 unspecified atom stereocenters. The number of fused-ring (bicyclic) bond motifs is 5. The second-order valence-electron chi connectivity index (χ2n) is 8.96. The fraction of sp³-hybridized carbons (Fsp3) is 0.857. The van der Waals surface area contributed by atoms with Crippen molar-refractivity contribution in [1.82, 2.24) is 0 Å². The van der Waals surface area contributed by atoms with E-state index in [2.05, 4.69) is 13.0 Å². The first-order valence-electron chi connectivity index (χ1n) is 11.4. The lowest BCUT2D eigenvalue weighted by molar-refractivity contribution is -0.127. The van der Waals surface area contributed by atoms with Gasteiger partial charge in [0.1, 0.15) is 5.78 Å². The maximum atomic E-state index is 12.7. The summed E-state index contributed by atoms with van der Waals surface area (Å²) >= 11 is 0. The Balaban J connectivity index is 1.68. The molecule has 0 aromatic carbocycles. The smallest absolute Gasteiger partial charge is 0.133 e. The summed E-state index contributed by atoms with van der Waals surface area (Å²) in [5, 5.41) is 10.1. The van der Waals surface area contributed by atoms with Crippen LogP contribution >= 0.6 is 0 Å². The minimum Gasteiger partial charge on any atom is -0.393 e. The van der Waals surface area contributed by atoms with Gasteiger partial charge in [-0.25, -0.2) is 0 Å². The third-order valence-corrected chi connectivity index (χ3v) is 8.14. The number of ketones is 1. The maximum Gasteiger partial charge on any atom is 0.133 e. The molecule has 7 atom stereocenters. The van der Waals surface area contributed by atoms with E-state index in [1.807, 2.05) is 6.92 Å². The van der Waals surface area contributed by atoms with Crippen LogP contribution in [-0.2, 0) is 4.79 Å². The van der Waals surface area contributed by atoms with E-state index in [9.17, 15) is 9.90 Å². The van der Waals surface area contributed by atoms with E-state index in [4.69, 9.17) is 5.48 Å². The molecule has 1 N–H and O–H groups in total. The highest BCUT2D eigenvalue weighted by atomic mass is 16.3. The summed E-state index contributed by atoms with van der Waals surface area (Å²) in [7, 11) is 0. The van der Waals surface area contributed by atoms with Gasteiger partial charge in [0.25, 0.3) is 0 Å². The van der Waals surface area contributed by atoms with Crippen LogP contribution in [0, 0.1) is 34.5 Å². The molecule has 0 saturated heterocycles. The lowest BCUT2D eigenvalue weighted by Crippen LogP contribution is -2.50. The van der Waals surface area contributed by atoms with Gasteiger partial charge in [0.05, 0.1) is 6.10 Å². The number of hydrogen-bond donors (Lipinski definition) is 1. The number of carbonyl (C=O) groups is 1. The molecule has 0 heterocycles. The molecule has 23 heavy (non-hydrogen) atoms. The molecule has 3 saturated carbocycles. The molecule has 128 valence electrons. The van der Waals surface area contributed by atoms with E-state index in [-0.39, 0.29) is 17.4 Å². The van der Waals surface area contributed by atoms with Gasteiger partial charge in [0, 0.05) is 11.4 Å². The number of Topliss-reactive ketones (excluding diaryl/α,β-unsaturated/α-hetero) is 1. The quantitative estimate of drug-likeness (QED) is 0.722. The summed E-state index contributed by atoms with van der Waals surface area (Å²) < 4.78 is 31.8.